The number of aliphatic hydroxyl groups excluding tert-OH is 2. The van der Waals surface area contributed by atoms with Crippen LogP contribution in [0, 0.1) is 0 Å². The van der Waals surface area contributed by atoms with Crippen molar-refractivity contribution in [3.8, 4) is 0 Å². The van der Waals surface area contributed by atoms with E-state index in [9.17, 15) is 9.90 Å². The Morgan fingerprint density at radius 2 is 2.35 bits per heavy atom. The number of carbonyl (C=O) groups excluding carboxylic acids is 1. The summed E-state index contributed by atoms with van der Waals surface area (Å²) in [5.74, 6) is 0. The molecule has 0 bridgehead atoms. The van der Waals surface area contributed by atoms with Crippen molar-refractivity contribution in [3.05, 3.63) is 0 Å². The number of hydrogen-bond acceptors (Lipinski definition) is 6. The predicted octanol–water partition coefficient (Wildman–Crippen LogP) is -2.59. The number of aliphatic hydroxyl groups is 2. The van der Waals surface area contributed by atoms with Crippen LogP contribution in [0.25, 0.3) is 0 Å². The van der Waals surface area contributed by atoms with Crippen LogP contribution in [0.4, 0.5) is 4.79 Å². The van der Waals surface area contributed by atoms with E-state index in [0.29, 0.717) is 13.1 Å². The van der Waals surface area contributed by atoms with Crippen LogP contribution in [0.3, 0.4) is 0 Å². The Morgan fingerprint density at radius 3 is 2.88 bits per heavy atom. The molecule has 6 N–H and O–H groups in total. The van der Waals surface area contributed by atoms with Crippen molar-refractivity contribution < 1.29 is 24.2 Å². The van der Waals surface area contributed by atoms with E-state index < -0.39 is 24.7 Å². The smallest absolute Gasteiger partial charge is 0.394 e. The largest absolute Gasteiger partial charge is 0.421 e. The molecule has 2 fully saturated rings. The maximum Gasteiger partial charge on any atom is 0.421 e. The van der Waals surface area contributed by atoms with E-state index in [1.54, 1.807) is 7.05 Å². The summed E-state index contributed by atoms with van der Waals surface area (Å²) in [6.07, 6.45) is -2.11. The third-order valence-electron chi connectivity index (χ3n) is 3.40. The van der Waals surface area contributed by atoms with Gasteiger partial charge < -0.3 is 14.9 Å². The van der Waals surface area contributed by atoms with Gasteiger partial charge in [0.2, 0.25) is 6.23 Å². The number of nitrogens with two attached hydrogens (primary N) is 1. The Hall–Kier alpha value is -0.770. The van der Waals surface area contributed by atoms with Gasteiger partial charge in [-0.2, -0.15) is 0 Å². The molecule has 2 aliphatic heterocycles. The zero-order chi connectivity index (χ0) is 12.6. The molecule has 5 unspecified atom stereocenters. The van der Waals surface area contributed by atoms with E-state index >= 15 is 0 Å². The van der Waals surface area contributed by atoms with Gasteiger partial charge in [0.15, 0.2) is 0 Å². The van der Waals surface area contributed by atoms with E-state index in [1.165, 1.54) is 0 Å². The van der Waals surface area contributed by atoms with Crippen LogP contribution in [-0.4, -0.2) is 65.8 Å². The third-order valence-corrected chi connectivity index (χ3v) is 3.40. The zero-order valence-electron chi connectivity index (χ0n) is 9.67. The maximum atomic E-state index is 11.9. The second-order valence-electron chi connectivity index (χ2n) is 4.67. The summed E-state index contributed by atoms with van der Waals surface area (Å²) in [6.45, 7) is 0.0642. The summed E-state index contributed by atoms with van der Waals surface area (Å²) in [5, 5.41) is 24.2. The van der Waals surface area contributed by atoms with Crippen LogP contribution in [-0.2, 0) is 4.74 Å². The quantitative estimate of drug-likeness (QED) is 0.342. The second-order valence-corrected chi connectivity index (χ2v) is 4.67. The molecular formula is C9H19N4O4+. The fraction of sp³-hybridized carbons (Fsp3) is 0.889. The van der Waals surface area contributed by atoms with Gasteiger partial charge in [-0.1, -0.05) is 0 Å². The van der Waals surface area contributed by atoms with Gasteiger partial charge in [-0.05, 0) is 0 Å². The first kappa shape index (κ1) is 12.7. The van der Waals surface area contributed by atoms with Gasteiger partial charge in [0.1, 0.15) is 19.1 Å². The van der Waals surface area contributed by atoms with E-state index in [1.807, 2.05) is 0 Å². The van der Waals surface area contributed by atoms with Crippen LogP contribution in [0.5, 0.6) is 0 Å². The van der Waals surface area contributed by atoms with E-state index in [4.69, 9.17) is 15.6 Å². The molecule has 2 rings (SSSR count). The number of hydrogen-bond donors (Lipinski definition) is 5. The summed E-state index contributed by atoms with van der Waals surface area (Å²) in [5.41, 5.74) is 5.54. The summed E-state index contributed by atoms with van der Waals surface area (Å²) < 4.78 is 5.45. The first-order chi connectivity index (χ1) is 7.97. The molecule has 8 heteroatoms. The number of urea groups is 1. The highest BCUT2D eigenvalue weighted by Gasteiger charge is 2.50. The number of nitrogens with one attached hydrogen (secondary N) is 2. The summed E-state index contributed by atoms with van der Waals surface area (Å²) in [4.78, 5) is 11.9. The molecule has 0 aromatic heterocycles. The fourth-order valence-electron chi connectivity index (χ4n) is 2.16. The summed E-state index contributed by atoms with van der Waals surface area (Å²) >= 11 is 0. The summed E-state index contributed by atoms with van der Waals surface area (Å²) in [7, 11) is 1.70. The highest BCUT2D eigenvalue weighted by Crippen LogP contribution is 2.28. The lowest BCUT2D eigenvalue weighted by molar-refractivity contribution is -0.886. The number of ether oxygens (including phenoxy) is 1. The minimum atomic E-state index is -0.747. The van der Waals surface area contributed by atoms with Crippen LogP contribution in [0.2, 0.25) is 0 Å². The average molecular weight is 247 g/mol. The van der Waals surface area contributed by atoms with E-state index in [-0.39, 0.29) is 17.1 Å². The number of carbonyl (C=O) groups is 1. The van der Waals surface area contributed by atoms with Gasteiger partial charge >= 0.3 is 6.03 Å². The Kier molecular flexibility index (Phi) is 3.34. The minimum Gasteiger partial charge on any atom is -0.394 e. The van der Waals surface area contributed by atoms with Crippen molar-refractivity contribution in [2.24, 2.45) is 5.73 Å². The lowest BCUT2D eigenvalue weighted by Crippen LogP contribution is -2.73. The second kappa shape index (κ2) is 4.48. The third kappa shape index (κ3) is 2.15. The highest BCUT2D eigenvalue weighted by molar-refractivity contribution is 5.67. The van der Waals surface area contributed by atoms with E-state index in [2.05, 4.69) is 10.6 Å². The lowest BCUT2D eigenvalue weighted by Gasteiger charge is -2.40. The molecular weight excluding hydrogens is 228 g/mol. The Bertz CT molecular complexity index is 315. The molecule has 0 aromatic carbocycles. The molecule has 0 aliphatic carbocycles. The van der Waals surface area contributed by atoms with E-state index in [0.717, 1.165) is 0 Å². The number of amides is 2. The molecule has 0 aromatic rings. The number of nitrogens with zero attached hydrogens (tertiary/aromatic N) is 1. The van der Waals surface area contributed by atoms with Gasteiger partial charge in [-0.15, -0.1) is 0 Å². The van der Waals surface area contributed by atoms with Crippen molar-refractivity contribution in [2.45, 2.75) is 31.1 Å². The Labute approximate surface area is 98.9 Å². The van der Waals surface area contributed by atoms with Gasteiger partial charge in [0.05, 0.1) is 26.2 Å². The van der Waals surface area contributed by atoms with Crippen molar-refractivity contribution in [3.63, 3.8) is 0 Å². The maximum absolute atomic E-state index is 11.9. The van der Waals surface area contributed by atoms with Gasteiger partial charge in [-0.3, -0.25) is 11.1 Å². The van der Waals surface area contributed by atoms with Crippen molar-refractivity contribution in [2.75, 3.05) is 20.3 Å². The Balaban J connectivity index is 2.09. The molecule has 0 spiro atoms. The minimum absolute atomic E-state index is 0.0543. The molecule has 0 radical (unpaired) electrons. The van der Waals surface area contributed by atoms with Crippen LogP contribution < -0.4 is 16.4 Å². The SMILES string of the molecule is C[N+]1(C2CC(O)C(CO)O2)CNC(N)NC1=O. The van der Waals surface area contributed by atoms with Crippen LogP contribution in [0.15, 0.2) is 0 Å². The van der Waals surface area contributed by atoms with Crippen LogP contribution in [0.1, 0.15) is 6.42 Å². The van der Waals surface area contributed by atoms with Gasteiger partial charge in [-0.25, -0.2) is 14.6 Å². The predicted molar refractivity (Wildman–Crippen MR) is 57.1 cm³/mol. The van der Waals surface area contributed by atoms with Crippen LogP contribution >= 0.6 is 0 Å². The molecule has 8 nitrogen and oxygen atoms in total. The zero-order valence-corrected chi connectivity index (χ0v) is 9.67. The number of quaternary nitrogens is 1. The fourth-order valence-corrected chi connectivity index (χ4v) is 2.16. The monoisotopic (exact) mass is 247 g/mol. The van der Waals surface area contributed by atoms with Crippen molar-refractivity contribution in [1.29, 1.82) is 0 Å². The first-order valence-corrected chi connectivity index (χ1v) is 5.57. The number of rotatable bonds is 2. The molecule has 2 aliphatic rings. The molecule has 2 amide bonds. The molecule has 0 saturated carbocycles. The Morgan fingerprint density at radius 1 is 1.65 bits per heavy atom. The molecule has 2 heterocycles. The first-order valence-electron chi connectivity index (χ1n) is 5.57. The van der Waals surface area contributed by atoms with Crippen molar-refractivity contribution >= 4 is 6.03 Å². The average Bonchev–Trinajstić information content (AvgIpc) is 2.66. The molecule has 2 saturated heterocycles. The lowest BCUT2D eigenvalue weighted by atomic mass is 10.2. The molecule has 17 heavy (non-hydrogen) atoms. The van der Waals surface area contributed by atoms with Gasteiger partial charge in [0.25, 0.3) is 0 Å². The summed E-state index contributed by atoms with van der Waals surface area (Å²) in [6, 6.07) is -0.257. The van der Waals surface area contributed by atoms with Gasteiger partial charge in [0, 0.05) is 0 Å². The standard InChI is InChI=1S/C9H18N4O4/c1-13(4-11-8(10)12-9(13)16)7-2-5(15)6(3-14)17-7/h5-8,11,14-15H,2-4,10H2,1H3/p+1. The topological polar surface area (TPSA) is 117 Å². The van der Waals surface area contributed by atoms with Crippen molar-refractivity contribution in [1.82, 2.24) is 10.6 Å². The normalized spacial score (nSPS) is 46.9. The highest BCUT2D eigenvalue weighted by atomic mass is 16.5. The molecule has 5 atom stereocenters. The molecule has 98 valence electrons.